The minimum absolute atomic E-state index is 0.150. The zero-order valence-corrected chi connectivity index (χ0v) is 16.2. The van der Waals surface area contributed by atoms with Gasteiger partial charge in [0.15, 0.2) is 0 Å². The maximum absolute atomic E-state index is 12.5. The van der Waals surface area contributed by atoms with Crippen LogP contribution >= 0.6 is 11.8 Å². The molecule has 0 fully saturated rings. The number of nitrogens with one attached hydrogen (secondary N) is 1. The summed E-state index contributed by atoms with van der Waals surface area (Å²) in [6.07, 6.45) is 3.39. The van der Waals surface area contributed by atoms with Crippen LogP contribution in [0.3, 0.4) is 0 Å². The predicted octanol–water partition coefficient (Wildman–Crippen LogP) is 4.89. The van der Waals surface area contributed by atoms with Gasteiger partial charge in [-0.05, 0) is 48.7 Å². The summed E-state index contributed by atoms with van der Waals surface area (Å²) in [6, 6.07) is 16.1. The quantitative estimate of drug-likeness (QED) is 0.661. The van der Waals surface area contributed by atoms with Crippen LogP contribution in [0.25, 0.3) is 11.8 Å². The molecule has 4 rings (SSSR count). The Balaban J connectivity index is 1.64. The molecular formula is C22H21N3OS. The molecule has 1 aliphatic rings. The van der Waals surface area contributed by atoms with Crippen LogP contribution in [0.5, 0.6) is 0 Å². The Bertz CT molecular complexity index is 1020. The molecule has 4 nitrogen and oxygen atoms in total. The second kappa shape index (κ2) is 7.45. The van der Waals surface area contributed by atoms with E-state index in [9.17, 15) is 4.79 Å². The Morgan fingerprint density at radius 3 is 2.70 bits per heavy atom. The number of fused-ring (bicyclic) bond motifs is 1. The minimum atomic E-state index is -0.150. The molecule has 136 valence electrons. The summed E-state index contributed by atoms with van der Waals surface area (Å²) in [6.45, 7) is 4.18. The summed E-state index contributed by atoms with van der Waals surface area (Å²) >= 11 is 1.83. The van der Waals surface area contributed by atoms with E-state index in [1.807, 2.05) is 58.9 Å². The fourth-order valence-electron chi connectivity index (χ4n) is 3.08. The van der Waals surface area contributed by atoms with E-state index in [1.165, 1.54) is 11.1 Å². The summed E-state index contributed by atoms with van der Waals surface area (Å²) in [7, 11) is 0. The number of amides is 1. The number of aryl methyl sites for hydroxylation is 2. The van der Waals surface area contributed by atoms with Gasteiger partial charge in [0.2, 0.25) is 5.91 Å². The summed E-state index contributed by atoms with van der Waals surface area (Å²) in [5.74, 6) is 2.39. The second-order valence-electron chi connectivity index (χ2n) is 6.68. The number of thioether (sulfide) groups is 1. The standard InChI is InChI=1S/C22H21N3OS/c1-15-8-10-18(12-16(15)2)25-22(19-13-27-14-20(19)24-25)23-21(26)11-9-17-6-4-3-5-7-17/h3-12H,13-14H2,1-2H3,(H,23,26)/b11-9-. The molecular weight excluding hydrogens is 354 g/mol. The molecule has 0 spiro atoms. The predicted molar refractivity (Wildman–Crippen MR) is 112 cm³/mol. The van der Waals surface area contributed by atoms with Gasteiger partial charge >= 0.3 is 0 Å². The van der Waals surface area contributed by atoms with E-state index < -0.39 is 0 Å². The normalized spacial score (nSPS) is 13.1. The lowest BCUT2D eigenvalue weighted by atomic mass is 10.1. The lowest BCUT2D eigenvalue weighted by Gasteiger charge is -2.11. The summed E-state index contributed by atoms with van der Waals surface area (Å²) in [4.78, 5) is 12.5. The molecule has 1 N–H and O–H groups in total. The number of carbonyl (C=O) groups excluding carboxylic acids is 1. The zero-order valence-electron chi connectivity index (χ0n) is 15.4. The first-order valence-corrected chi connectivity index (χ1v) is 10.1. The van der Waals surface area contributed by atoms with Crippen molar-refractivity contribution < 1.29 is 4.79 Å². The van der Waals surface area contributed by atoms with Crippen LogP contribution in [0.15, 0.2) is 54.6 Å². The van der Waals surface area contributed by atoms with E-state index in [0.29, 0.717) is 0 Å². The van der Waals surface area contributed by atoms with Crippen LogP contribution in [0.1, 0.15) is 27.9 Å². The van der Waals surface area contributed by atoms with Crippen molar-refractivity contribution in [1.82, 2.24) is 9.78 Å². The van der Waals surface area contributed by atoms with Gasteiger partial charge in [-0.25, -0.2) is 4.68 Å². The highest BCUT2D eigenvalue weighted by molar-refractivity contribution is 7.98. The summed E-state index contributed by atoms with van der Waals surface area (Å²) in [5.41, 5.74) is 6.60. The number of anilines is 1. The zero-order chi connectivity index (χ0) is 18.8. The molecule has 0 aliphatic carbocycles. The molecule has 0 saturated carbocycles. The summed E-state index contributed by atoms with van der Waals surface area (Å²) in [5, 5.41) is 7.82. The first-order valence-electron chi connectivity index (χ1n) is 8.92. The topological polar surface area (TPSA) is 46.9 Å². The molecule has 3 aromatic rings. The van der Waals surface area contributed by atoms with Gasteiger partial charge in [0.05, 0.1) is 11.4 Å². The highest BCUT2D eigenvalue weighted by Gasteiger charge is 2.24. The maximum Gasteiger partial charge on any atom is 0.249 e. The Morgan fingerprint density at radius 1 is 1.11 bits per heavy atom. The van der Waals surface area contributed by atoms with E-state index in [2.05, 4.69) is 31.3 Å². The van der Waals surface area contributed by atoms with E-state index in [-0.39, 0.29) is 5.91 Å². The monoisotopic (exact) mass is 375 g/mol. The van der Waals surface area contributed by atoms with Gasteiger partial charge in [0, 0.05) is 23.1 Å². The van der Waals surface area contributed by atoms with Crippen molar-refractivity contribution in [1.29, 1.82) is 0 Å². The van der Waals surface area contributed by atoms with Crippen molar-refractivity contribution in [2.75, 3.05) is 5.32 Å². The third-order valence-electron chi connectivity index (χ3n) is 4.76. The molecule has 1 aliphatic heterocycles. The molecule has 1 aromatic heterocycles. The van der Waals surface area contributed by atoms with Gasteiger partial charge in [0.25, 0.3) is 0 Å². The molecule has 1 amide bonds. The number of hydrogen-bond acceptors (Lipinski definition) is 3. The molecule has 0 saturated heterocycles. The van der Waals surface area contributed by atoms with Crippen LogP contribution < -0.4 is 5.32 Å². The maximum atomic E-state index is 12.5. The van der Waals surface area contributed by atoms with Crippen molar-refractivity contribution in [3.05, 3.63) is 82.6 Å². The fourth-order valence-corrected chi connectivity index (χ4v) is 4.11. The van der Waals surface area contributed by atoms with E-state index in [1.54, 1.807) is 6.08 Å². The van der Waals surface area contributed by atoms with Crippen molar-refractivity contribution in [3.63, 3.8) is 0 Å². The Hall–Kier alpha value is -2.79. The lowest BCUT2D eigenvalue weighted by Crippen LogP contribution is -2.13. The van der Waals surface area contributed by atoms with Crippen LogP contribution in [0.4, 0.5) is 5.82 Å². The average molecular weight is 375 g/mol. The highest BCUT2D eigenvalue weighted by atomic mass is 32.2. The third-order valence-corrected chi connectivity index (χ3v) is 5.73. The molecule has 0 bridgehead atoms. The first-order chi connectivity index (χ1) is 13.1. The van der Waals surface area contributed by atoms with Crippen molar-refractivity contribution >= 4 is 29.6 Å². The van der Waals surface area contributed by atoms with Crippen LogP contribution in [-0.4, -0.2) is 15.7 Å². The van der Waals surface area contributed by atoms with Crippen LogP contribution in [-0.2, 0) is 16.3 Å². The first kappa shape index (κ1) is 17.6. The smallest absolute Gasteiger partial charge is 0.249 e. The number of nitrogens with zero attached hydrogens (tertiary/aromatic N) is 2. The second-order valence-corrected chi connectivity index (χ2v) is 7.67. The SMILES string of the molecule is Cc1ccc(-n2nc3c(c2NC(=O)/C=C\c2ccccc2)CSC3)cc1C. The third kappa shape index (κ3) is 3.69. The Labute approximate surface area is 163 Å². The molecule has 2 heterocycles. The fraction of sp³-hybridized carbons (Fsp3) is 0.182. The van der Waals surface area contributed by atoms with Crippen molar-refractivity contribution in [2.45, 2.75) is 25.4 Å². The van der Waals surface area contributed by atoms with Gasteiger partial charge in [-0.2, -0.15) is 16.9 Å². The van der Waals surface area contributed by atoms with E-state index >= 15 is 0 Å². The van der Waals surface area contributed by atoms with Gasteiger partial charge in [-0.3, -0.25) is 4.79 Å². The Kier molecular flexibility index (Phi) is 4.86. The highest BCUT2D eigenvalue weighted by Crippen LogP contribution is 2.36. The summed E-state index contributed by atoms with van der Waals surface area (Å²) < 4.78 is 1.87. The van der Waals surface area contributed by atoms with Crippen molar-refractivity contribution in [2.24, 2.45) is 0 Å². The van der Waals surface area contributed by atoms with Crippen molar-refractivity contribution in [3.8, 4) is 5.69 Å². The molecule has 0 unspecified atom stereocenters. The van der Waals surface area contributed by atoms with Gasteiger partial charge < -0.3 is 5.32 Å². The number of carbonyl (C=O) groups is 1. The minimum Gasteiger partial charge on any atom is -0.307 e. The molecule has 27 heavy (non-hydrogen) atoms. The van der Waals surface area contributed by atoms with Gasteiger partial charge in [-0.1, -0.05) is 36.4 Å². The molecule has 0 atom stereocenters. The largest absolute Gasteiger partial charge is 0.307 e. The number of hydrogen-bond donors (Lipinski definition) is 1. The van der Waals surface area contributed by atoms with Crippen LogP contribution in [0, 0.1) is 13.8 Å². The lowest BCUT2D eigenvalue weighted by molar-refractivity contribution is -0.111. The van der Waals surface area contributed by atoms with Gasteiger partial charge in [0.1, 0.15) is 5.82 Å². The van der Waals surface area contributed by atoms with E-state index in [4.69, 9.17) is 5.10 Å². The molecule has 0 radical (unpaired) electrons. The van der Waals surface area contributed by atoms with Gasteiger partial charge in [-0.15, -0.1) is 0 Å². The van der Waals surface area contributed by atoms with E-state index in [0.717, 1.165) is 39.8 Å². The average Bonchev–Trinajstić information content (AvgIpc) is 3.26. The van der Waals surface area contributed by atoms with Crippen LogP contribution in [0.2, 0.25) is 0 Å². The molecule has 5 heteroatoms. The number of rotatable bonds is 4. The molecule has 2 aromatic carbocycles. The number of benzene rings is 2. The Morgan fingerprint density at radius 2 is 1.93 bits per heavy atom. The number of aromatic nitrogens is 2.